The summed E-state index contributed by atoms with van der Waals surface area (Å²) < 4.78 is 28.4. The maximum absolute atomic E-state index is 12.8. The third-order valence-electron chi connectivity index (χ3n) is 3.01. The van der Waals surface area contributed by atoms with E-state index in [1.165, 1.54) is 44.7 Å². The van der Waals surface area contributed by atoms with Crippen molar-refractivity contribution in [2.24, 2.45) is 5.10 Å². The predicted molar refractivity (Wildman–Crippen MR) is 87.2 cm³/mol. The quantitative estimate of drug-likeness (QED) is 0.624. The van der Waals surface area contributed by atoms with Gasteiger partial charge in [0.25, 0.3) is 5.91 Å². The van der Waals surface area contributed by atoms with Crippen molar-refractivity contribution < 1.29 is 23.4 Å². The molecule has 0 fully saturated rings. The molecule has 2 rings (SSSR count). The molecule has 1 N–H and O–H groups in total. The fourth-order valence-electron chi connectivity index (χ4n) is 1.90. The van der Waals surface area contributed by atoms with E-state index >= 15 is 0 Å². The van der Waals surface area contributed by atoms with Crippen molar-refractivity contribution >= 4 is 12.1 Å². The monoisotopic (exact) mass is 332 g/mol. The molecule has 0 bridgehead atoms. The molecule has 126 valence electrons. The van der Waals surface area contributed by atoms with Gasteiger partial charge >= 0.3 is 0 Å². The van der Waals surface area contributed by atoms with E-state index in [2.05, 4.69) is 10.5 Å². The molecule has 0 atom stereocenters. The molecule has 6 nitrogen and oxygen atoms in total. The lowest BCUT2D eigenvalue weighted by Crippen LogP contribution is -2.24. The third-order valence-corrected chi connectivity index (χ3v) is 3.01. The average Bonchev–Trinajstić information content (AvgIpc) is 2.61. The van der Waals surface area contributed by atoms with Gasteiger partial charge in [-0.05, 0) is 36.4 Å². The first kappa shape index (κ1) is 17.3. The number of hydrogen-bond acceptors (Lipinski definition) is 5. The highest BCUT2D eigenvalue weighted by molar-refractivity contribution is 5.86. The highest BCUT2D eigenvalue weighted by Crippen LogP contribution is 2.29. The van der Waals surface area contributed by atoms with Gasteiger partial charge in [0.2, 0.25) is 0 Å². The van der Waals surface area contributed by atoms with Gasteiger partial charge in [-0.15, -0.1) is 0 Å². The number of carbonyl (C=O) groups is 1. The molecule has 2 aromatic carbocycles. The van der Waals surface area contributed by atoms with Gasteiger partial charge in [0.05, 0.1) is 20.4 Å². The number of benzene rings is 2. The van der Waals surface area contributed by atoms with Gasteiger partial charge in [-0.3, -0.25) is 4.79 Å². The molecule has 0 aliphatic heterocycles. The van der Waals surface area contributed by atoms with Crippen molar-refractivity contribution in [3.8, 4) is 17.2 Å². The SMILES string of the molecule is COc1cccc(/C=N/NC(=O)COc2ccc(F)cc2)c1OC. The van der Waals surface area contributed by atoms with Crippen molar-refractivity contribution in [3.05, 3.63) is 53.8 Å². The number of ether oxygens (including phenoxy) is 3. The fraction of sp³-hybridized carbons (Fsp3) is 0.176. The normalized spacial score (nSPS) is 10.5. The summed E-state index contributed by atoms with van der Waals surface area (Å²) in [6, 6.07) is 10.7. The molecule has 7 heteroatoms. The van der Waals surface area contributed by atoms with Crippen molar-refractivity contribution in [1.82, 2.24) is 5.43 Å². The Bertz CT molecular complexity index is 717. The van der Waals surface area contributed by atoms with Gasteiger partial charge in [0.15, 0.2) is 18.1 Å². The molecule has 0 aliphatic rings. The molecule has 0 saturated carbocycles. The molecular formula is C17H17FN2O4. The molecule has 2 aromatic rings. The highest BCUT2D eigenvalue weighted by atomic mass is 19.1. The van der Waals surface area contributed by atoms with E-state index in [4.69, 9.17) is 14.2 Å². The minimum atomic E-state index is -0.447. The number of hydrazone groups is 1. The number of hydrogen-bond donors (Lipinski definition) is 1. The average molecular weight is 332 g/mol. The second-order valence-electron chi connectivity index (χ2n) is 4.62. The van der Waals surface area contributed by atoms with E-state index in [-0.39, 0.29) is 12.4 Å². The van der Waals surface area contributed by atoms with Crippen LogP contribution >= 0.6 is 0 Å². The number of halogens is 1. The molecule has 0 aliphatic carbocycles. The van der Waals surface area contributed by atoms with E-state index < -0.39 is 5.91 Å². The Balaban J connectivity index is 1.89. The zero-order valence-electron chi connectivity index (χ0n) is 13.3. The number of para-hydroxylation sites is 1. The number of rotatable bonds is 7. The smallest absolute Gasteiger partial charge is 0.277 e. The number of amides is 1. The second kappa shape index (κ2) is 8.52. The van der Waals surface area contributed by atoms with Gasteiger partial charge in [-0.1, -0.05) is 6.07 Å². The first-order valence-electron chi connectivity index (χ1n) is 7.05. The van der Waals surface area contributed by atoms with Crippen LogP contribution in [0.1, 0.15) is 5.56 Å². The summed E-state index contributed by atoms with van der Waals surface area (Å²) in [5, 5.41) is 3.85. The summed E-state index contributed by atoms with van der Waals surface area (Å²) in [6.45, 7) is -0.238. The molecule has 0 spiro atoms. The van der Waals surface area contributed by atoms with Crippen LogP contribution in [0.5, 0.6) is 17.2 Å². The van der Waals surface area contributed by atoms with E-state index in [0.717, 1.165) is 0 Å². The number of nitrogens with zero attached hydrogens (tertiary/aromatic N) is 1. The van der Waals surface area contributed by atoms with Crippen LogP contribution in [0.25, 0.3) is 0 Å². The Hall–Kier alpha value is -3.09. The first-order chi connectivity index (χ1) is 11.6. The Morgan fingerprint density at radius 3 is 2.58 bits per heavy atom. The van der Waals surface area contributed by atoms with Gasteiger partial charge in [0, 0.05) is 5.56 Å². The van der Waals surface area contributed by atoms with Gasteiger partial charge < -0.3 is 14.2 Å². The Morgan fingerprint density at radius 2 is 1.92 bits per heavy atom. The molecule has 1 amide bonds. The predicted octanol–water partition coefficient (Wildman–Crippen LogP) is 2.37. The highest BCUT2D eigenvalue weighted by Gasteiger charge is 2.07. The standard InChI is InChI=1S/C17H17FN2O4/c1-22-15-5-3-4-12(17(15)23-2)10-19-20-16(21)11-24-14-8-6-13(18)7-9-14/h3-10H,11H2,1-2H3,(H,20,21)/b19-10+. The van der Waals surface area contributed by atoms with E-state index in [0.29, 0.717) is 22.8 Å². The van der Waals surface area contributed by atoms with Gasteiger partial charge in [-0.25, -0.2) is 9.82 Å². The molecule has 0 heterocycles. The lowest BCUT2D eigenvalue weighted by Gasteiger charge is -2.09. The Kier molecular flexibility index (Phi) is 6.13. The summed E-state index contributed by atoms with van der Waals surface area (Å²) in [5.41, 5.74) is 2.99. The van der Waals surface area contributed by atoms with Crippen molar-refractivity contribution in [2.45, 2.75) is 0 Å². The zero-order chi connectivity index (χ0) is 17.4. The summed E-state index contributed by atoms with van der Waals surface area (Å²) >= 11 is 0. The molecule has 0 saturated heterocycles. The Labute approximate surface area is 138 Å². The number of carbonyl (C=O) groups excluding carboxylic acids is 1. The maximum Gasteiger partial charge on any atom is 0.277 e. The molecule has 0 aromatic heterocycles. The summed E-state index contributed by atoms with van der Waals surface area (Å²) in [7, 11) is 3.05. The lowest BCUT2D eigenvalue weighted by molar-refractivity contribution is -0.123. The van der Waals surface area contributed by atoms with Crippen LogP contribution in [0.4, 0.5) is 4.39 Å². The summed E-state index contributed by atoms with van der Waals surface area (Å²) in [4.78, 5) is 11.7. The van der Waals surface area contributed by atoms with Gasteiger partial charge in [0.1, 0.15) is 11.6 Å². The molecule has 0 unspecified atom stereocenters. The van der Waals surface area contributed by atoms with Crippen LogP contribution in [0.3, 0.4) is 0 Å². The van der Waals surface area contributed by atoms with Crippen LogP contribution in [0.2, 0.25) is 0 Å². The Morgan fingerprint density at radius 1 is 1.17 bits per heavy atom. The molecule has 24 heavy (non-hydrogen) atoms. The van der Waals surface area contributed by atoms with E-state index in [1.54, 1.807) is 18.2 Å². The lowest BCUT2D eigenvalue weighted by atomic mass is 10.2. The zero-order valence-corrected chi connectivity index (χ0v) is 13.3. The fourth-order valence-corrected chi connectivity index (χ4v) is 1.90. The van der Waals surface area contributed by atoms with Gasteiger partial charge in [-0.2, -0.15) is 5.10 Å². The van der Waals surface area contributed by atoms with E-state index in [9.17, 15) is 9.18 Å². The topological polar surface area (TPSA) is 69.2 Å². The summed E-state index contributed by atoms with van der Waals surface area (Å²) in [5.74, 6) is 0.652. The summed E-state index contributed by atoms with van der Waals surface area (Å²) in [6.07, 6.45) is 1.44. The third kappa shape index (κ3) is 4.70. The van der Waals surface area contributed by atoms with Crippen LogP contribution < -0.4 is 19.6 Å². The minimum absolute atomic E-state index is 0.238. The van der Waals surface area contributed by atoms with Crippen molar-refractivity contribution in [3.63, 3.8) is 0 Å². The molecular weight excluding hydrogens is 315 g/mol. The largest absolute Gasteiger partial charge is 0.493 e. The van der Waals surface area contributed by atoms with Crippen LogP contribution in [0, 0.1) is 5.82 Å². The van der Waals surface area contributed by atoms with Crippen molar-refractivity contribution in [1.29, 1.82) is 0 Å². The first-order valence-corrected chi connectivity index (χ1v) is 7.05. The van der Waals surface area contributed by atoms with Crippen LogP contribution in [-0.2, 0) is 4.79 Å². The minimum Gasteiger partial charge on any atom is -0.493 e. The second-order valence-corrected chi connectivity index (χ2v) is 4.62. The molecule has 0 radical (unpaired) electrons. The van der Waals surface area contributed by atoms with Crippen molar-refractivity contribution in [2.75, 3.05) is 20.8 Å². The maximum atomic E-state index is 12.8. The number of nitrogens with one attached hydrogen (secondary N) is 1. The van der Waals surface area contributed by atoms with E-state index in [1.807, 2.05) is 0 Å². The number of methoxy groups -OCH3 is 2. The van der Waals surface area contributed by atoms with Crippen LogP contribution in [0.15, 0.2) is 47.6 Å². The van der Waals surface area contributed by atoms with Crippen LogP contribution in [-0.4, -0.2) is 32.9 Å².